The number of nitrogens with zero attached hydrogens (tertiary/aromatic N) is 2. The molecule has 15 heavy (non-hydrogen) atoms. The van der Waals surface area contributed by atoms with Crippen molar-refractivity contribution in [1.82, 2.24) is 9.88 Å². The van der Waals surface area contributed by atoms with Crippen molar-refractivity contribution in [3.05, 3.63) is 29.6 Å². The van der Waals surface area contributed by atoms with Gasteiger partial charge in [0.05, 0.1) is 12.2 Å². The predicted octanol–water partition coefficient (Wildman–Crippen LogP) is 1.76. The highest BCUT2D eigenvalue weighted by molar-refractivity contribution is 5.77. The van der Waals surface area contributed by atoms with Gasteiger partial charge in [-0.2, -0.15) is 0 Å². The molecule has 1 aromatic heterocycles. The highest BCUT2D eigenvalue weighted by atomic mass is 16.2. The van der Waals surface area contributed by atoms with E-state index in [2.05, 4.69) is 11.1 Å². The number of carbonyl (C=O) groups is 1. The van der Waals surface area contributed by atoms with E-state index in [4.69, 9.17) is 0 Å². The second kappa shape index (κ2) is 4.01. The Morgan fingerprint density at radius 3 is 2.93 bits per heavy atom. The lowest BCUT2D eigenvalue weighted by Gasteiger charge is -2.24. The Bertz CT molecular complexity index is 374. The molecule has 1 amide bonds. The molecule has 2 heterocycles. The average Bonchev–Trinajstić information content (AvgIpc) is 2.39. The van der Waals surface area contributed by atoms with Crippen molar-refractivity contribution in [3.8, 4) is 0 Å². The molecule has 0 aliphatic carbocycles. The normalized spacial score (nSPS) is 16.5. The van der Waals surface area contributed by atoms with Crippen LogP contribution in [0.15, 0.2) is 18.3 Å². The van der Waals surface area contributed by atoms with E-state index in [9.17, 15) is 4.79 Å². The molecule has 0 spiro atoms. The molecule has 80 valence electrons. The van der Waals surface area contributed by atoms with Crippen molar-refractivity contribution in [2.45, 2.75) is 39.3 Å². The number of amides is 1. The van der Waals surface area contributed by atoms with Crippen LogP contribution in [0, 0.1) is 0 Å². The SMILES string of the molecule is CC(C)N1Cc2ncccc2CCC1=O. The van der Waals surface area contributed by atoms with Crippen LogP contribution in [0.1, 0.15) is 31.5 Å². The number of hydrogen-bond acceptors (Lipinski definition) is 2. The summed E-state index contributed by atoms with van der Waals surface area (Å²) in [7, 11) is 0. The number of hydrogen-bond donors (Lipinski definition) is 0. The van der Waals surface area contributed by atoms with E-state index in [0.29, 0.717) is 13.0 Å². The van der Waals surface area contributed by atoms with Crippen LogP contribution in [0.4, 0.5) is 0 Å². The minimum absolute atomic E-state index is 0.239. The van der Waals surface area contributed by atoms with Crippen LogP contribution >= 0.6 is 0 Å². The Labute approximate surface area is 90.1 Å². The van der Waals surface area contributed by atoms with E-state index in [-0.39, 0.29) is 11.9 Å². The number of rotatable bonds is 1. The Morgan fingerprint density at radius 2 is 2.20 bits per heavy atom. The fourth-order valence-electron chi connectivity index (χ4n) is 1.95. The fraction of sp³-hybridized carbons (Fsp3) is 0.500. The van der Waals surface area contributed by atoms with Crippen LogP contribution in [0.3, 0.4) is 0 Å². The Balaban J connectivity index is 2.31. The van der Waals surface area contributed by atoms with Crippen LogP contribution < -0.4 is 0 Å². The lowest BCUT2D eigenvalue weighted by atomic mass is 10.1. The number of carbonyl (C=O) groups excluding carboxylic acids is 1. The Morgan fingerprint density at radius 1 is 1.40 bits per heavy atom. The number of aryl methyl sites for hydroxylation is 1. The molecular weight excluding hydrogens is 188 g/mol. The van der Waals surface area contributed by atoms with E-state index in [0.717, 1.165) is 12.1 Å². The third kappa shape index (κ3) is 2.01. The van der Waals surface area contributed by atoms with Crippen LogP contribution in [-0.4, -0.2) is 21.8 Å². The molecule has 0 saturated heterocycles. The van der Waals surface area contributed by atoms with Gasteiger partial charge in [-0.25, -0.2) is 0 Å². The predicted molar refractivity (Wildman–Crippen MR) is 58.2 cm³/mol. The zero-order valence-electron chi connectivity index (χ0n) is 9.23. The van der Waals surface area contributed by atoms with Gasteiger partial charge in [-0.1, -0.05) is 6.07 Å². The second-order valence-electron chi connectivity index (χ2n) is 4.22. The van der Waals surface area contributed by atoms with E-state index in [1.807, 2.05) is 24.8 Å². The van der Waals surface area contributed by atoms with E-state index in [1.54, 1.807) is 6.20 Å². The molecule has 0 radical (unpaired) electrons. The van der Waals surface area contributed by atoms with Crippen molar-refractivity contribution < 1.29 is 4.79 Å². The van der Waals surface area contributed by atoms with Crippen LogP contribution in [-0.2, 0) is 17.8 Å². The van der Waals surface area contributed by atoms with Gasteiger partial charge >= 0.3 is 0 Å². The Kier molecular flexibility index (Phi) is 2.71. The lowest BCUT2D eigenvalue weighted by molar-refractivity contribution is -0.133. The van der Waals surface area contributed by atoms with Gasteiger partial charge in [0.25, 0.3) is 0 Å². The first-order valence-electron chi connectivity index (χ1n) is 5.40. The second-order valence-corrected chi connectivity index (χ2v) is 4.22. The quantitative estimate of drug-likeness (QED) is 0.698. The zero-order chi connectivity index (χ0) is 10.8. The van der Waals surface area contributed by atoms with Crippen molar-refractivity contribution in [2.75, 3.05) is 0 Å². The summed E-state index contributed by atoms with van der Waals surface area (Å²) < 4.78 is 0. The fourth-order valence-corrected chi connectivity index (χ4v) is 1.95. The highest BCUT2D eigenvalue weighted by Crippen LogP contribution is 2.18. The van der Waals surface area contributed by atoms with Gasteiger partial charge in [-0.15, -0.1) is 0 Å². The zero-order valence-corrected chi connectivity index (χ0v) is 9.23. The maximum Gasteiger partial charge on any atom is 0.223 e. The van der Waals surface area contributed by atoms with Crippen LogP contribution in [0.5, 0.6) is 0 Å². The molecule has 0 saturated carbocycles. The smallest absolute Gasteiger partial charge is 0.223 e. The lowest BCUT2D eigenvalue weighted by Crippen LogP contribution is -2.35. The summed E-state index contributed by atoms with van der Waals surface area (Å²) in [6, 6.07) is 4.26. The molecule has 0 aromatic carbocycles. The van der Waals surface area contributed by atoms with Gasteiger partial charge < -0.3 is 4.90 Å². The van der Waals surface area contributed by atoms with E-state index in [1.165, 1.54) is 5.56 Å². The van der Waals surface area contributed by atoms with Crippen molar-refractivity contribution in [1.29, 1.82) is 0 Å². The summed E-state index contributed by atoms with van der Waals surface area (Å²) >= 11 is 0. The third-order valence-electron chi connectivity index (χ3n) is 2.86. The highest BCUT2D eigenvalue weighted by Gasteiger charge is 2.22. The third-order valence-corrected chi connectivity index (χ3v) is 2.86. The van der Waals surface area contributed by atoms with Gasteiger partial charge in [0, 0.05) is 18.7 Å². The number of aromatic nitrogens is 1. The van der Waals surface area contributed by atoms with Gasteiger partial charge in [-0.3, -0.25) is 9.78 Å². The summed E-state index contributed by atoms with van der Waals surface area (Å²) in [5, 5.41) is 0. The molecule has 0 fully saturated rings. The molecule has 1 aromatic rings. The molecule has 3 heteroatoms. The minimum Gasteiger partial charge on any atom is -0.334 e. The van der Waals surface area contributed by atoms with Gasteiger partial charge in [0.15, 0.2) is 0 Å². The molecular formula is C12H16N2O. The van der Waals surface area contributed by atoms with Gasteiger partial charge in [0.2, 0.25) is 5.91 Å². The standard InChI is InChI=1S/C12H16N2O/c1-9(2)14-8-11-10(4-3-7-13-11)5-6-12(14)15/h3-4,7,9H,5-6,8H2,1-2H3. The van der Waals surface area contributed by atoms with E-state index >= 15 is 0 Å². The number of pyridine rings is 1. The first-order valence-corrected chi connectivity index (χ1v) is 5.40. The monoisotopic (exact) mass is 204 g/mol. The average molecular weight is 204 g/mol. The number of fused-ring (bicyclic) bond motifs is 1. The molecule has 1 aliphatic rings. The van der Waals surface area contributed by atoms with Crippen molar-refractivity contribution in [3.63, 3.8) is 0 Å². The van der Waals surface area contributed by atoms with Crippen molar-refractivity contribution >= 4 is 5.91 Å². The van der Waals surface area contributed by atoms with Crippen LogP contribution in [0.25, 0.3) is 0 Å². The topological polar surface area (TPSA) is 33.2 Å². The Hall–Kier alpha value is -1.38. The summed E-state index contributed by atoms with van der Waals surface area (Å²) in [6.45, 7) is 4.75. The molecule has 0 N–H and O–H groups in total. The van der Waals surface area contributed by atoms with Gasteiger partial charge in [0.1, 0.15) is 0 Å². The van der Waals surface area contributed by atoms with E-state index < -0.39 is 0 Å². The largest absolute Gasteiger partial charge is 0.334 e. The molecule has 3 nitrogen and oxygen atoms in total. The first kappa shape index (κ1) is 10.1. The maximum absolute atomic E-state index is 11.8. The molecule has 2 rings (SSSR count). The maximum atomic E-state index is 11.8. The first-order chi connectivity index (χ1) is 7.18. The molecule has 0 unspecified atom stereocenters. The summed E-state index contributed by atoms with van der Waals surface area (Å²) in [5.41, 5.74) is 2.27. The van der Waals surface area contributed by atoms with Gasteiger partial charge in [-0.05, 0) is 31.9 Å². The van der Waals surface area contributed by atoms with Crippen LogP contribution in [0.2, 0.25) is 0 Å². The van der Waals surface area contributed by atoms with Crippen molar-refractivity contribution in [2.24, 2.45) is 0 Å². The minimum atomic E-state index is 0.239. The molecule has 1 aliphatic heterocycles. The summed E-state index contributed by atoms with van der Waals surface area (Å²) in [5.74, 6) is 0.239. The summed E-state index contributed by atoms with van der Waals surface area (Å²) in [4.78, 5) is 18.1. The summed E-state index contributed by atoms with van der Waals surface area (Å²) in [6.07, 6.45) is 3.23. The molecule has 0 atom stereocenters. The molecule has 0 bridgehead atoms.